The SMILES string of the molecule is CCOC(=O)[C@](C)(NC(=O)Cc1ccc(Cl)cc1Cl)C1CCCCC1. The predicted molar refractivity (Wildman–Crippen MR) is 99.9 cm³/mol. The molecule has 25 heavy (non-hydrogen) atoms. The van der Waals surface area contributed by atoms with Gasteiger partial charge in [-0.25, -0.2) is 4.79 Å². The fourth-order valence-corrected chi connectivity index (χ4v) is 3.93. The van der Waals surface area contributed by atoms with Gasteiger partial charge >= 0.3 is 5.97 Å². The highest BCUT2D eigenvalue weighted by atomic mass is 35.5. The number of rotatable bonds is 6. The van der Waals surface area contributed by atoms with Crippen LogP contribution in [0.25, 0.3) is 0 Å². The van der Waals surface area contributed by atoms with Gasteiger partial charge in [-0.1, -0.05) is 48.5 Å². The molecule has 0 unspecified atom stereocenters. The second-order valence-corrected chi connectivity index (χ2v) is 7.56. The lowest BCUT2D eigenvalue weighted by Gasteiger charge is -2.38. The van der Waals surface area contributed by atoms with Gasteiger partial charge in [0.25, 0.3) is 0 Å². The fraction of sp³-hybridized carbons (Fsp3) is 0.579. The second-order valence-electron chi connectivity index (χ2n) is 6.72. The monoisotopic (exact) mass is 385 g/mol. The summed E-state index contributed by atoms with van der Waals surface area (Å²) in [5, 5.41) is 3.90. The van der Waals surface area contributed by atoms with Crippen molar-refractivity contribution >= 4 is 35.1 Å². The molecule has 1 amide bonds. The van der Waals surface area contributed by atoms with E-state index in [1.807, 2.05) is 0 Å². The molecule has 1 aromatic carbocycles. The van der Waals surface area contributed by atoms with Gasteiger partial charge in [0, 0.05) is 10.0 Å². The Morgan fingerprint density at radius 3 is 2.52 bits per heavy atom. The van der Waals surface area contributed by atoms with Crippen molar-refractivity contribution in [1.29, 1.82) is 0 Å². The third-order valence-electron chi connectivity index (χ3n) is 4.89. The van der Waals surface area contributed by atoms with E-state index < -0.39 is 5.54 Å². The molecule has 0 aliphatic heterocycles. The summed E-state index contributed by atoms with van der Waals surface area (Å²) in [5.41, 5.74) is -0.328. The van der Waals surface area contributed by atoms with Crippen molar-refractivity contribution in [2.45, 2.75) is 57.9 Å². The predicted octanol–water partition coefficient (Wildman–Crippen LogP) is 4.55. The Balaban J connectivity index is 2.14. The molecule has 1 fully saturated rings. The van der Waals surface area contributed by atoms with Crippen LogP contribution < -0.4 is 5.32 Å². The number of hydrogen-bond acceptors (Lipinski definition) is 3. The van der Waals surface area contributed by atoms with E-state index in [0.29, 0.717) is 22.2 Å². The minimum atomic E-state index is -1.01. The lowest BCUT2D eigenvalue weighted by Crippen LogP contribution is -2.58. The number of esters is 1. The third kappa shape index (κ3) is 5.11. The molecule has 6 heteroatoms. The Bertz CT molecular complexity index is 629. The highest BCUT2D eigenvalue weighted by Gasteiger charge is 2.44. The summed E-state index contributed by atoms with van der Waals surface area (Å²) in [6.07, 6.45) is 5.23. The topological polar surface area (TPSA) is 55.4 Å². The van der Waals surface area contributed by atoms with E-state index in [9.17, 15) is 9.59 Å². The van der Waals surface area contributed by atoms with E-state index >= 15 is 0 Å². The molecule has 0 heterocycles. The van der Waals surface area contributed by atoms with Crippen molar-refractivity contribution in [3.63, 3.8) is 0 Å². The molecule has 1 aliphatic rings. The number of amides is 1. The van der Waals surface area contributed by atoms with Crippen molar-refractivity contribution in [2.75, 3.05) is 6.61 Å². The first kappa shape index (κ1) is 20.1. The van der Waals surface area contributed by atoms with Crippen LogP contribution in [0.1, 0.15) is 51.5 Å². The van der Waals surface area contributed by atoms with E-state index in [0.717, 1.165) is 25.7 Å². The van der Waals surface area contributed by atoms with Gasteiger partial charge in [0.15, 0.2) is 0 Å². The highest BCUT2D eigenvalue weighted by molar-refractivity contribution is 6.35. The Morgan fingerprint density at radius 1 is 1.24 bits per heavy atom. The molecule has 0 aromatic heterocycles. The summed E-state index contributed by atoms with van der Waals surface area (Å²) in [7, 11) is 0. The first-order chi connectivity index (χ1) is 11.9. The van der Waals surface area contributed by atoms with Crippen LogP contribution in [0.15, 0.2) is 18.2 Å². The fourth-order valence-electron chi connectivity index (χ4n) is 3.45. The van der Waals surface area contributed by atoms with Crippen LogP contribution in [-0.4, -0.2) is 24.0 Å². The minimum absolute atomic E-state index is 0.0879. The number of carbonyl (C=O) groups excluding carboxylic acids is 2. The summed E-state index contributed by atoms with van der Waals surface area (Å²) in [5.74, 6) is -0.521. The van der Waals surface area contributed by atoms with Crippen molar-refractivity contribution in [3.8, 4) is 0 Å². The van der Waals surface area contributed by atoms with Crippen LogP contribution in [0.5, 0.6) is 0 Å². The molecule has 1 aromatic rings. The van der Waals surface area contributed by atoms with Gasteiger partial charge in [-0.2, -0.15) is 0 Å². The molecule has 1 atom stereocenters. The Hall–Kier alpha value is -1.26. The molecule has 2 rings (SSSR count). The van der Waals surface area contributed by atoms with Crippen molar-refractivity contribution < 1.29 is 14.3 Å². The van der Waals surface area contributed by atoms with E-state index in [4.69, 9.17) is 27.9 Å². The summed E-state index contributed by atoms with van der Waals surface area (Å²) in [6, 6.07) is 5.03. The van der Waals surface area contributed by atoms with Crippen LogP contribution in [0, 0.1) is 5.92 Å². The summed E-state index contributed by atoms with van der Waals surface area (Å²) in [6.45, 7) is 3.84. The van der Waals surface area contributed by atoms with E-state index in [1.165, 1.54) is 6.42 Å². The van der Waals surface area contributed by atoms with Crippen LogP contribution in [-0.2, 0) is 20.7 Å². The summed E-state index contributed by atoms with van der Waals surface area (Å²) < 4.78 is 5.25. The zero-order chi connectivity index (χ0) is 18.4. The maximum absolute atomic E-state index is 12.6. The van der Waals surface area contributed by atoms with Gasteiger partial charge in [0.05, 0.1) is 13.0 Å². The number of hydrogen-bond donors (Lipinski definition) is 1. The first-order valence-electron chi connectivity index (χ1n) is 8.79. The number of ether oxygens (including phenoxy) is 1. The lowest BCUT2D eigenvalue weighted by atomic mass is 9.75. The quantitative estimate of drug-likeness (QED) is 0.730. The van der Waals surface area contributed by atoms with Crippen molar-refractivity contribution in [1.82, 2.24) is 5.32 Å². The minimum Gasteiger partial charge on any atom is -0.464 e. The molecule has 1 saturated carbocycles. The van der Waals surface area contributed by atoms with Gasteiger partial charge < -0.3 is 10.1 Å². The average molecular weight is 386 g/mol. The Kier molecular flexibility index (Phi) is 7.14. The zero-order valence-electron chi connectivity index (χ0n) is 14.7. The van der Waals surface area contributed by atoms with Crippen LogP contribution >= 0.6 is 23.2 Å². The molecule has 138 valence electrons. The molecule has 0 radical (unpaired) electrons. The zero-order valence-corrected chi connectivity index (χ0v) is 16.3. The molecular formula is C19H25Cl2NO3. The number of nitrogens with one attached hydrogen (secondary N) is 1. The summed E-state index contributed by atoms with van der Waals surface area (Å²) >= 11 is 12.0. The van der Waals surface area contributed by atoms with E-state index in [1.54, 1.807) is 32.0 Å². The van der Waals surface area contributed by atoms with Crippen molar-refractivity contribution in [2.24, 2.45) is 5.92 Å². The maximum Gasteiger partial charge on any atom is 0.331 e. The highest BCUT2D eigenvalue weighted by Crippen LogP contribution is 2.34. The van der Waals surface area contributed by atoms with Crippen molar-refractivity contribution in [3.05, 3.63) is 33.8 Å². The summed E-state index contributed by atoms with van der Waals surface area (Å²) in [4.78, 5) is 25.2. The van der Waals surface area contributed by atoms with Gasteiger partial charge in [-0.05, 0) is 50.3 Å². The van der Waals surface area contributed by atoms with Gasteiger partial charge in [-0.15, -0.1) is 0 Å². The van der Waals surface area contributed by atoms with Gasteiger partial charge in [0.2, 0.25) is 5.91 Å². The first-order valence-corrected chi connectivity index (χ1v) is 9.54. The van der Waals surface area contributed by atoms with E-state index in [-0.39, 0.29) is 24.2 Å². The third-order valence-corrected chi connectivity index (χ3v) is 5.47. The Labute approximate surface area is 159 Å². The standard InChI is InChI=1S/C19H25Cl2NO3/c1-3-25-18(24)19(2,14-7-5-4-6-8-14)22-17(23)11-13-9-10-15(20)12-16(13)21/h9-10,12,14H,3-8,11H2,1-2H3,(H,22,23)/t19-/m1/s1. The Morgan fingerprint density at radius 2 is 1.92 bits per heavy atom. The van der Waals surface area contributed by atoms with Crippen LogP contribution in [0.4, 0.5) is 0 Å². The smallest absolute Gasteiger partial charge is 0.331 e. The molecule has 1 N–H and O–H groups in total. The molecule has 4 nitrogen and oxygen atoms in total. The molecule has 0 saturated heterocycles. The molecule has 1 aliphatic carbocycles. The van der Waals surface area contributed by atoms with Crippen LogP contribution in [0.3, 0.4) is 0 Å². The number of carbonyl (C=O) groups is 2. The number of halogens is 2. The number of benzene rings is 1. The molecule has 0 spiro atoms. The van der Waals surface area contributed by atoms with Crippen LogP contribution in [0.2, 0.25) is 10.0 Å². The second kappa shape index (κ2) is 8.91. The lowest BCUT2D eigenvalue weighted by molar-refractivity contribution is -0.156. The largest absolute Gasteiger partial charge is 0.464 e. The average Bonchev–Trinajstić information content (AvgIpc) is 2.58. The van der Waals surface area contributed by atoms with E-state index in [2.05, 4.69) is 5.32 Å². The maximum atomic E-state index is 12.6. The van der Waals surface area contributed by atoms with Gasteiger partial charge in [-0.3, -0.25) is 4.79 Å². The molecular weight excluding hydrogens is 361 g/mol. The normalized spacial score (nSPS) is 17.6. The van der Waals surface area contributed by atoms with Gasteiger partial charge in [0.1, 0.15) is 5.54 Å². The molecule has 0 bridgehead atoms.